The topological polar surface area (TPSA) is 29.5 Å². The van der Waals surface area contributed by atoms with Crippen molar-refractivity contribution >= 4 is 17.1 Å². The Morgan fingerprint density at radius 2 is 2.32 bits per heavy atom. The monoisotopic (exact) mass is 293 g/mol. The molecule has 0 radical (unpaired) electrons. The van der Waals surface area contributed by atoms with E-state index in [1.165, 1.54) is 16.2 Å². The van der Waals surface area contributed by atoms with E-state index in [-0.39, 0.29) is 32.0 Å². The highest BCUT2D eigenvalue weighted by Gasteiger charge is 2.36. The first-order valence-corrected chi connectivity index (χ1v) is 6.79. The summed E-state index contributed by atoms with van der Waals surface area (Å²) >= 11 is 1.30. The number of hydrogen-bond acceptors (Lipinski definition) is 4. The quantitative estimate of drug-likeness (QED) is 0.799. The highest BCUT2D eigenvalue weighted by Crippen LogP contribution is 2.22. The van der Waals surface area contributed by atoms with Crippen LogP contribution in [-0.2, 0) is 4.74 Å². The number of thiophene rings is 1. The van der Waals surface area contributed by atoms with E-state index in [4.69, 9.17) is 4.74 Å². The van der Waals surface area contributed by atoms with Crippen LogP contribution in [0.5, 0.6) is 0 Å². The smallest absolute Gasteiger partial charge is 0.378 e. The number of alkyl halides is 3. The predicted octanol–water partition coefficient (Wildman–Crippen LogP) is 2.58. The molecule has 1 aliphatic heterocycles. The molecule has 0 spiro atoms. The van der Waals surface area contributed by atoms with Crippen molar-refractivity contribution in [2.75, 3.05) is 26.3 Å². The van der Waals surface area contributed by atoms with Crippen molar-refractivity contribution < 1.29 is 22.7 Å². The third-order valence-electron chi connectivity index (χ3n) is 2.95. The van der Waals surface area contributed by atoms with Crippen molar-refractivity contribution in [3.63, 3.8) is 0 Å². The van der Waals surface area contributed by atoms with Gasteiger partial charge in [0, 0.05) is 19.0 Å². The van der Waals surface area contributed by atoms with Gasteiger partial charge in [-0.15, -0.1) is 11.3 Å². The molecule has 1 aromatic rings. The van der Waals surface area contributed by atoms with Crippen LogP contribution < -0.4 is 0 Å². The maximum absolute atomic E-state index is 12.5. The lowest BCUT2D eigenvalue weighted by molar-refractivity contribution is -0.162. The highest BCUT2D eigenvalue weighted by atomic mass is 32.1. The minimum absolute atomic E-state index is 0.0661. The molecule has 19 heavy (non-hydrogen) atoms. The van der Waals surface area contributed by atoms with Gasteiger partial charge in [0.05, 0.1) is 24.6 Å². The van der Waals surface area contributed by atoms with Crippen molar-refractivity contribution in [2.24, 2.45) is 0 Å². The minimum atomic E-state index is -4.25. The van der Waals surface area contributed by atoms with Gasteiger partial charge >= 0.3 is 6.18 Å². The molecule has 0 amide bonds. The molecule has 0 N–H and O–H groups in total. The van der Waals surface area contributed by atoms with Crippen LogP contribution in [0.2, 0.25) is 0 Å². The van der Waals surface area contributed by atoms with Gasteiger partial charge in [-0.3, -0.25) is 9.69 Å². The van der Waals surface area contributed by atoms with Gasteiger partial charge in [0.1, 0.15) is 0 Å². The Kier molecular flexibility index (Phi) is 4.59. The number of ether oxygens (including phenoxy) is 1. The van der Waals surface area contributed by atoms with Crippen molar-refractivity contribution in [1.29, 1.82) is 0 Å². The molecule has 7 heteroatoms. The van der Waals surface area contributed by atoms with Crippen LogP contribution in [0, 0.1) is 0 Å². The zero-order valence-electron chi connectivity index (χ0n) is 10.2. The Morgan fingerprint density at radius 1 is 1.53 bits per heavy atom. The summed E-state index contributed by atoms with van der Waals surface area (Å²) in [6, 6.07) is 2.94. The number of carbonyl (C=O) groups is 1. The molecular formula is C12H14F3NO2S. The van der Waals surface area contributed by atoms with E-state index in [9.17, 15) is 18.0 Å². The minimum Gasteiger partial charge on any atom is -0.378 e. The standard InChI is InChI=1S/C12H14F3NO2S/c13-12(14,15)8-16-3-4-18-7-9(16)6-10(17)11-2-1-5-19-11/h1-2,5,9H,3-4,6-8H2. The van der Waals surface area contributed by atoms with Crippen molar-refractivity contribution in [1.82, 2.24) is 4.90 Å². The van der Waals surface area contributed by atoms with E-state index in [1.807, 2.05) is 0 Å². The van der Waals surface area contributed by atoms with Crippen molar-refractivity contribution in [2.45, 2.75) is 18.6 Å². The van der Waals surface area contributed by atoms with Crippen molar-refractivity contribution in [3.8, 4) is 0 Å². The number of hydrogen-bond donors (Lipinski definition) is 0. The molecule has 1 aliphatic rings. The fraction of sp³-hybridized carbons (Fsp3) is 0.583. The van der Waals surface area contributed by atoms with Crippen LogP contribution in [0.4, 0.5) is 13.2 Å². The number of nitrogens with zero attached hydrogens (tertiary/aromatic N) is 1. The van der Waals surface area contributed by atoms with Crippen LogP contribution >= 0.6 is 11.3 Å². The van der Waals surface area contributed by atoms with E-state index in [0.717, 1.165) is 0 Å². The van der Waals surface area contributed by atoms with Crippen LogP contribution in [-0.4, -0.2) is 49.2 Å². The summed E-state index contributed by atoms with van der Waals surface area (Å²) in [6.45, 7) is -0.326. The third kappa shape index (κ3) is 4.29. The summed E-state index contributed by atoms with van der Waals surface area (Å²) in [4.78, 5) is 13.8. The molecule has 2 rings (SSSR count). The molecule has 3 nitrogen and oxygen atoms in total. The van der Waals surface area contributed by atoms with E-state index < -0.39 is 18.8 Å². The maximum atomic E-state index is 12.5. The summed E-state index contributed by atoms with van der Waals surface area (Å²) in [5.41, 5.74) is 0. The van der Waals surface area contributed by atoms with Crippen LogP contribution in [0.25, 0.3) is 0 Å². The summed E-state index contributed by atoms with van der Waals surface area (Å²) < 4.78 is 42.6. The fourth-order valence-electron chi connectivity index (χ4n) is 2.07. The molecule has 1 unspecified atom stereocenters. The van der Waals surface area contributed by atoms with Crippen LogP contribution in [0.1, 0.15) is 16.1 Å². The second kappa shape index (κ2) is 6.02. The fourth-order valence-corrected chi connectivity index (χ4v) is 2.74. The van der Waals surface area contributed by atoms with E-state index in [1.54, 1.807) is 17.5 Å². The first-order valence-electron chi connectivity index (χ1n) is 5.91. The molecule has 106 valence electrons. The number of ketones is 1. The zero-order chi connectivity index (χ0) is 13.9. The molecule has 1 aromatic heterocycles. The molecule has 0 aliphatic carbocycles. The van der Waals surface area contributed by atoms with Crippen molar-refractivity contribution in [3.05, 3.63) is 22.4 Å². The SMILES string of the molecule is O=C(CC1COCCN1CC(F)(F)F)c1cccs1. The second-order valence-corrected chi connectivity index (χ2v) is 5.37. The molecule has 2 heterocycles. The average Bonchev–Trinajstić information content (AvgIpc) is 2.83. The van der Waals surface area contributed by atoms with E-state index >= 15 is 0 Å². The molecule has 1 saturated heterocycles. The lowest BCUT2D eigenvalue weighted by Crippen LogP contribution is -2.50. The van der Waals surface area contributed by atoms with Gasteiger partial charge in [-0.1, -0.05) is 6.07 Å². The lowest BCUT2D eigenvalue weighted by atomic mass is 10.1. The molecule has 1 fully saturated rings. The maximum Gasteiger partial charge on any atom is 0.401 e. The largest absolute Gasteiger partial charge is 0.401 e. The Morgan fingerprint density at radius 3 is 2.95 bits per heavy atom. The van der Waals surface area contributed by atoms with Gasteiger partial charge in [0.2, 0.25) is 0 Å². The van der Waals surface area contributed by atoms with Gasteiger partial charge < -0.3 is 4.74 Å². The molecule has 0 saturated carbocycles. The number of morpholine rings is 1. The van der Waals surface area contributed by atoms with E-state index in [0.29, 0.717) is 4.88 Å². The Hall–Kier alpha value is -0.920. The summed E-state index contributed by atoms with van der Waals surface area (Å²) in [6.07, 6.45) is -4.18. The average molecular weight is 293 g/mol. The van der Waals surface area contributed by atoms with Gasteiger partial charge in [-0.05, 0) is 11.4 Å². The summed E-state index contributed by atoms with van der Waals surface area (Å²) in [5.74, 6) is -0.127. The van der Waals surface area contributed by atoms with Gasteiger partial charge in [0.15, 0.2) is 5.78 Å². The number of halogens is 3. The molecule has 1 atom stereocenters. The number of Topliss-reactive ketones (excluding diaryl/α,β-unsaturated/α-hetero) is 1. The predicted molar refractivity (Wildman–Crippen MR) is 65.5 cm³/mol. The normalized spacial score (nSPS) is 21.5. The van der Waals surface area contributed by atoms with Crippen LogP contribution in [0.15, 0.2) is 17.5 Å². The second-order valence-electron chi connectivity index (χ2n) is 4.42. The molecular weight excluding hydrogens is 279 g/mol. The summed E-state index contributed by atoms with van der Waals surface area (Å²) in [5, 5.41) is 1.78. The Labute approximate surface area is 113 Å². The molecule has 0 aromatic carbocycles. The number of carbonyl (C=O) groups excluding carboxylic acids is 1. The summed E-state index contributed by atoms with van der Waals surface area (Å²) in [7, 11) is 0. The zero-order valence-corrected chi connectivity index (χ0v) is 11.0. The lowest BCUT2D eigenvalue weighted by Gasteiger charge is -2.35. The van der Waals surface area contributed by atoms with Gasteiger partial charge in [0.25, 0.3) is 0 Å². The van der Waals surface area contributed by atoms with Gasteiger partial charge in [-0.25, -0.2) is 0 Å². The Bertz CT molecular complexity index is 419. The number of rotatable bonds is 4. The molecule has 0 bridgehead atoms. The Balaban J connectivity index is 1.98. The first-order chi connectivity index (χ1) is 8.96. The van der Waals surface area contributed by atoms with Gasteiger partial charge in [-0.2, -0.15) is 13.2 Å². The first kappa shape index (κ1) is 14.5. The highest BCUT2D eigenvalue weighted by molar-refractivity contribution is 7.12. The van der Waals surface area contributed by atoms with Crippen LogP contribution in [0.3, 0.4) is 0 Å². The third-order valence-corrected chi connectivity index (χ3v) is 3.86. The van der Waals surface area contributed by atoms with E-state index in [2.05, 4.69) is 0 Å².